The fraction of sp³-hybridized carbons (Fsp3) is 0.860. The summed E-state index contributed by atoms with van der Waals surface area (Å²) >= 11 is 0. The van der Waals surface area contributed by atoms with E-state index in [-0.39, 0.29) is 25.2 Å². The van der Waals surface area contributed by atoms with Crippen LogP contribution in [-0.2, 0) is 19.1 Å². The van der Waals surface area contributed by atoms with Gasteiger partial charge in [0.25, 0.3) is 0 Å². The molecule has 0 radical (unpaired) electrons. The van der Waals surface area contributed by atoms with Crippen LogP contribution in [0.3, 0.4) is 0 Å². The van der Waals surface area contributed by atoms with Crippen molar-refractivity contribution in [1.82, 2.24) is 0 Å². The number of hydrogen-bond donors (Lipinski definition) is 1. The number of carbonyl (C=O) groups excluding carboxylic acids is 2. The molecule has 0 aliphatic carbocycles. The van der Waals surface area contributed by atoms with Crippen LogP contribution in [-0.4, -0.2) is 36.4 Å². The number of aliphatic hydroxyl groups excluding tert-OH is 1. The molecular weight excluding hydrogens is 596 g/mol. The molecule has 48 heavy (non-hydrogen) atoms. The molecule has 0 spiro atoms. The second-order valence-corrected chi connectivity index (χ2v) is 14.1. The highest BCUT2D eigenvalue weighted by Gasteiger charge is 2.16. The summed E-state index contributed by atoms with van der Waals surface area (Å²) in [7, 11) is 0. The number of esters is 2. The van der Waals surface area contributed by atoms with Gasteiger partial charge in [-0.3, -0.25) is 9.59 Å². The van der Waals surface area contributed by atoms with Gasteiger partial charge in [0.05, 0.1) is 6.61 Å². The lowest BCUT2D eigenvalue weighted by Gasteiger charge is -2.15. The number of allylic oxidation sites excluding steroid dienone is 4. The highest BCUT2D eigenvalue weighted by Crippen LogP contribution is 2.15. The second-order valence-electron chi connectivity index (χ2n) is 14.1. The van der Waals surface area contributed by atoms with Gasteiger partial charge in [0.15, 0.2) is 6.10 Å². The summed E-state index contributed by atoms with van der Waals surface area (Å²) in [5.74, 6) is -0.590. The number of hydrogen-bond acceptors (Lipinski definition) is 5. The first-order valence-electron chi connectivity index (χ1n) is 20.9. The lowest BCUT2D eigenvalue weighted by atomic mass is 10.0. The van der Waals surface area contributed by atoms with Gasteiger partial charge in [-0.05, 0) is 44.9 Å². The zero-order chi connectivity index (χ0) is 35.0. The minimum absolute atomic E-state index is 0.0657. The van der Waals surface area contributed by atoms with Crippen molar-refractivity contribution in [3.63, 3.8) is 0 Å². The highest BCUT2D eigenvalue weighted by atomic mass is 16.6. The van der Waals surface area contributed by atoms with Crippen LogP contribution in [0.2, 0.25) is 0 Å². The Bertz CT molecular complexity index is 731. The van der Waals surface area contributed by atoms with E-state index < -0.39 is 6.10 Å². The van der Waals surface area contributed by atoms with E-state index >= 15 is 0 Å². The van der Waals surface area contributed by atoms with E-state index in [2.05, 4.69) is 38.2 Å². The van der Waals surface area contributed by atoms with Crippen LogP contribution in [0.1, 0.15) is 219 Å². The Morgan fingerprint density at radius 3 is 1.27 bits per heavy atom. The topological polar surface area (TPSA) is 72.8 Å². The molecule has 0 amide bonds. The zero-order valence-electron chi connectivity index (χ0n) is 32.0. The predicted molar refractivity (Wildman–Crippen MR) is 205 cm³/mol. The van der Waals surface area contributed by atoms with Gasteiger partial charge in [-0.25, -0.2) is 0 Å². The summed E-state index contributed by atoms with van der Waals surface area (Å²) in [6, 6.07) is 0. The Morgan fingerprint density at radius 2 is 0.833 bits per heavy atom. The number of ether oxygens (including phenoxy) is 2. The van der Waals surface area contributed by atoms with E-state index in [1.54, 1.807) is 0 Å². The molecule has 5 nitrogen and oxygen atoms in total. The fourth-order valence-corrected chi connectivity index (χ4v) is 6.06. The molecule has 0 aliphatic heterocycles. The standard InChI is InChI=1S/C43H80O5/c1-3-5-7-9-11-13-15-17-19-21-23-25-27-29-31-33-35-37-42(45)47-40-41(39-44)48-43(46)38-36-34-32-30-28-26-24-22-20-18-16-14-12-10-8-6-4-2/h11,13,17,19,41,44H,3-10,12,14-16,18,20-40H2,1-2H3/b13-11-,19-17-/t41-/m0/s1. The maximum absolute atomic E-state index is 12.2. The molecular formula is C43H80O5. The smallest absolute Gasteiger partial charge is 0.306 e. The summed E-state index contributed by atoms with van der Waals surface area (Å²) in [4.78, 5) is 24.3. The van der Waals surface area contributed by atoms with Crippen molar-refractivity contribution in [2.45, 2.75) is 225 Å². The third-order valence-electron chi connectivity index (χ3n) is 9.25. The predicted octanol–water partition coefficient (Wildman–Crippen LogP) is 13.1. The Morgan fingerprint density at radius 1 is 0.479 bits per heavy atom. The molecule has 0 fully saturated rings. The number of carbonyl (C=O) groups is 2. The van der Waals surface area contributed by atoms with Gasteiger partial charge in [-0.15, -0.1) is 0 Å². The minimum Gasteiger partial charge on any atom is -0.462 e. The Hall–Kier alpha value is -1.62. The molecule has 282 valence electrons. The number of aliphatic hydroxyl groups is 1. The van der Waals surface area contributed by atoms with Crippen molar-refractivity contribution in [3.8, 4) is 0 Å². The van der Waals surface area contributed by atoms with Gasteiger partial charge in [-0.2, -0.15) is 0 Å². The molecule has 0 saturated heterocycles. The largest absolute Gasteiger partial charge is 0.462 e. The first-order chi connectivity index (χ1) is 23.6. The van der Waals surface area contributed by atoms with Gasteiger partial charge < -0.3 is 14.6 Å². The molecule has 1 N–H and O–H groups in total. The van der Waals surface area contributed by atoms with Crippen molar-refractivity contribution in [1.29, 1.82) is 0 Å². The van der Waals surface area contributed by atoms with E-state index in [1.807, 2.05) is 0 Å². The van der Waals surface area contributed by atoms with Crippen LogP contribution in [0.15, 0.2) is 24.3 Å². The summed E-state index contributed by atoms with van der Waals surface area (Å²) in [5, 5.41) is 9.57. The van der Waals surface area contributed by atoms with E-state index in [0.29, 0.717) is 12.8 Å². The molecule has 0 aromatic carbocycles. The van der Waals surface area contributed by atoms with Crippen LogP contribution in [0, 0.1) is 0 Å². The normalized spacial score (nSPS) is 12.3. The Kier molecular flexibility index (Phi) is 38.5. The molecule has 0 heterocycles. The Balaban J connectivity index is 3.52. The summed E-state index contributed by atoms with van der Waals surface area (Å²) < 4.78 is 10.6. The first kappa shape index (κ1) is 46.4. The van der Waals surface area contributed by atoms with Gasteiger partial charge >= 0.3 is 11.9 Å². The van der Waals surface area contributed by atoms with E-state index in [4.69, 9.17) is 9.47 Å². The van der Waals surface area contributed by atoms with E-state index in [0.717, 1.165) is 44.9 Å². The molecule has 0 aromatic rings. The van der Waals surface area contributed by atoms with Crippen molar-refractivity contribution in [3.05, 3.63) is 24.3 Å². The van der Waals surface area contributed by atoms with Crippen molar-refractivity contribution in [2.24, 2.45) is 0 Å². The maximum Gasteiger partial charge on any atom is 0.306 e. The molecule has 5 heteroatoms. The van der Waals surface area contributed by atoms with Crippen molar-refractivity contribution < 1.29 is 24.2 Å². The Labute approximate surface area is 298 Å². The summed E-state index contributed by atoms with van der Waals surface area (Å²) in [5.41, 5.74) is 0. The third-order valence-corrected chi connectivity index (χ3v) is 9.25. The maximum atomic E-state index is 12.2. The van der Waals surface area contributed by atoms with Crippen molar-refractivity contribution >= 4 is 11.9 Å². The van der Waals surface area contributed by atoms with Gasteiger partial charge in [0.2, 0.25) is 0 Å². The third kappa shape index (κ3) is 37.2. The van der Waals surface area contributed by atoms with E-state index in [9.17, 15) is 14.7 Å². The summed E-state index contributed by atoms with van der Waals surface area (Å²) in [6.07, 6.45) is 46.7. The molecule has 0 aromatic heterocycles. The van der Waals surface area contributed by atoms with Gasteiger partial charge in [0, 0.05) is 12.8 Å². The lowest BCUT2D eigenvalue weighted by molar-refractivity contribution is -0.161. The number of unbranched alkanes of at least 4 members (excludes halogenated alkanes) is 26. The van der Waals surface area contributed by atoms with Crippen LogP contribution in [0.25, 0.3) is 0 Å². The molecule has 1 atom stereocenters. The van der Waals surface area contributed by atoms with Gasteiger partial charge in [0.1, 0.15) is 6.61 Å². The average Bonchev–Trinajstić information content (AvgIpc) is 3.09. The van der Waals surface area contributed by atoms with Crippen LogP contribution in [0.4, 0.5) is 0 Å². The fourth-order valence-electron chi connectivity index (χ4n) is 6.06. The molecule has 0 rings (SSSR count). The minimum atomic E-state index is -0.769. The molecule has 0 saturated carbocycles. The van der Waals surface area contributed by atoms with Gasteiger partial charge in [-0.1, -0.05) is 186 Å². The lowest BCUT2D eigenvalue weighted by Crippen LogP contribution is -2.28. The average molecular weight is 677 g/mol. The first-order valence-corrected chi connectivity index (χ1v) is 20.9. The quantitative estimate of drug-likeness (QED) is 0.0400. The van der Waals surface area contributed by atoms with Crippen LogP contribution < -0.4 is 0 Å². The van der Waals surface area contributed by atoms with Crippen LogP contribution in [0.5, 0.6) is 0 Å². The zero-order valence-corrected chi connectivity index (χ0v) is 32.0. The molecule has 0 unspecified atom stereocenters. The van der Waals surface area contributed by atoms with E-state index in [1.165, 1.54) is 148 Å². The summed E-state index contributed by atoms with van der Waals surface area (Å²) in [6.45, 7) is 4.12. The molecule has 0 bridgehead atoms. The van der Waals surface area contributed by atoms with Crippen molar-refractivity contribution in [2.75, 3.05) is 13.2 Å². The molecule has 0 aliphatic rings. The SMILES string of the molecule is CCCCC/C=C\C/C=C\CCCCCCCCCC(=O)OC[C@H](CO)OC(=O)CCCCCCCCCCCCCCCCCCC. The van der Waals surface area contributed by atoms with Crippen LogP contribution >= 0.6 is 0 Å². The second kappa shape index (κ2) is 39.8. The monoisotopic (exact) mass is 677 g/mol. The highest BCUT2D eigenvalue weighted by molar-refractivity contribution is 5.70. The number of rotatable bonds is 38.